The zero-order valence-corrected chi connectivity index (χ0v) is 16.2. The van der Waals surface area contributed by atoms with Gasteiger partial charge in [-0.05, 0) is 51.0 Å². The number of hydrogen-bond acceptors (Lipinski definition) is 5. The largest absolute Gasteiger partial charge is 0.444 e. The number of nitrogens with one attached hydrogen (secondary N) is 1. The fraction of sp³-hybridized carbons (Fsp3) is 0.368. The Balaban J connectivity index is 2.44. The smallest absolute Gasteiger partial charge is 0.408 e. The van der Waals surface area contributed by atoms with E-state index < -0.39 is 28.5 Å². The van der Waals surface area contributed by atoms with E-state index in [-0.39, 0.29) is 16.9 Å². The number of halogens is 1. The van der Waals surface area contributed by atoms with E-state index in [9.17, 15) is 19.3 Å². The van der Waals surface area contributed by atoms with E-state index in [2.05, 4.69) is 17.0 Å². The number of alkyl carbamates (subject to hydrolysis) is 1. The molecule has 1 atom stereocenters. The summed E-state index contributed by atoms with van der Waals surface area (Å²) in [6.45, 7) is 8.86. The number of hydrogen-bond donors (Lipinski definition) is 1. The Bertz CT molecular complexity index is 902. The van der Waals surface area contributed by atoms with Gasteiger partial charge in [0.05, 0.1) is 11.0 Å². The molecule has 0 saturated carbocycles. The van der Waals surface area contributed by atoms with E-state index in [1.54, 1.807) is 32.9 Å². The zero-order chi connectivity index (χ0) is 21.1. The van der Waals surface area contributed by atoms with Gasteiger partial charge in [0.1, 0.15) is 23.3 Å². The fourth-order valence-electron chi connectivity index (χ4n) is 2.74. The first-order valence-corrected chi connectivity index (χ1v) is 8.59. The number of carbonyl (C=O) groups is 1. The number of amides is 1. The Labute approximate surface area is 162 Å². The number of carbonyl (C=O) groups excluding carboxylic acids is 1. The van der Waals surface area contributed by atoms with Gasteiger partial charge in [-0.15, -0.1) is 6.58 Å². The van der Waals surface area contributed by atoms with Crippen molar-refractivity contribution in [2.75, 3.05) is 0 Å². The van der Waals surface area contributed by atoms with Gasteiger partial charge < -0.3 is 10.1 Å². The normalized spacial score (nSPS) is 12.3. The van der Waals surface area contributed by atoms with Gasteiger partial charge in [-0.25, -0.2) is 9.18 Å². The Morgan fingerprint density at radius 1 is 1.46 bits per heavy atom. The summed E-state index contributed by atoms with van der Waals surface area (Å²) in [5.74, 6) is -0.594. The van der Waals surface area contributed by atoms with Gasteiger partial charge >= 0.3 is 11.8 Å². The molecular formula is C19H23FN4O4. The molecule has 1 aromatic carbocycles. The van der Waals surface area contributed by atoms with Crippen LogP contribution in [0.1, 0.15) is 38.8 Å². The third kappa shape index (κ3) is 5.15. The van der Waals surface area contributed by atoms with Crippen molar-refractivity contribution in [2.45, 2.75) is 38.8 Å². The van der Waals surface area contributed by atoms with Gasteiger partial charge in [0.2, 0.25) is 0 Å². The summed E-state index contributed by atoms with van der Waals surface area (Å²) in [7, 11) is 1.53. The number of nitrogens with zero attached hydrogens (tertiary/aromatic N) is 3. The number of nitro groups is 1. The Kier molecular flexibility index (Phi) is 6.17. The van der Waals surface area contributed by atoms with Gasteiger partial charge in [-0.2, -0.15) is 5.10 Å². The quantitative estimate of drug-likeness (QED) is 0.451. The lowest BCUT2D eigenvalue weighted by Gasteiger charge is -2.23. The van der Waals surface area contributed by atoms with Crippen LogP contribution in [0, 0.1) is 15.9 Å². The van der Waals surface area contributed by atoms with Crippen LogP contribution in [-0.4, -0.2) is 26.4 Å². The first-order valence-electron chi connectivity index (χ1n) is 8.59. The maximum Gasteiger partial charge on any atom is 0.408 e. The van der Waals surface area contributed by atoms with Crippen molar-refractivity contribution in [1.29, 1.82) is 0 Å². The maximum atomic E-state index is 14.3. The van der Waals surface area contributed by atoms with E-state index in [1.165, 1.54) is 23.9 Å². The Morgan fingerprint density at radius 3 is 2.71 bits per heavy atom. The van der Waals surface area contributed by atoms with E-state index in [0.717, 1.165) is 6.20 Å². The molecular weight excluding hydrogens is 367 g/mol. The molecule has 1 aromatic heterocycles. The molecule has 2 aromatic rings. The molecule has 0 saturated heterocycles. The molecule has 0 aliphatic rings. The van der Waals surface area contributed by atoms with Crippen LogP contribution in [0.15, 0.2) is 37.1 Å². The van der Waals surface area contributed by atoms with E-state index >= 15 is 0 Å². The highest BCUT2D eigenvalue weighted by molar-refractivity contribution is 5.71. The minimum Gasteiger partial charge on any atom is -0.444 e. The molecule has 28 heavy (non-hydrogen) atoms. The SMILES string of the molecule is C=CC[C@H](NC(=O)OC(C)(C)C)c1cc(F)cc(-c2c([N+](=O)[O-])cnn2C)c1. The van der Waals surface area contributed by atoms with Crippen molar-refractivity contribution in [3.05, 3.63) is 58.5 Å². The summed E-state index contributed by atoms with van der Waals surface area (Å²) in [4.78, 5) is 22.8. The predicted molar refractivity (Wildman–Crippen MR) is 102 cm³/mol. The monoisotopic (exact) mass is 390 g/mol. The summed E-state index contributed by atoms with van der Waals surface area (Å²) in [6.07, 6.45) is 2.35. The highest BCUT2D eigenvalue weighted by atomic mass is 19.1. The van der Waals surface area contributed by atoms with Crippen molar-refractivity contribution >= 4 is 11.8 Å². The van der Waals surface area contributed by atoms with E-state index in [4.69, 9.17) is 4.74 Å². The Morgan fingerprint density at radius 2 is 2.14 bits per heavy atom. The lowest BCUT2D eigenvalue weighted by Crippen LogP contribution is -2.34. The number of ether oxygens (including phenoxy) is 1. The first kappa shape index (κ1) is 21.1. The molecule has 1 N–H and O–H groups in total. The van der Waals surface area contributed by atoms with Crippen LogP contribution in [0.25, 0.3) is 11.3 Å². The van der Waals surface area contributed by atoms with Gasteiger partial charge in [-0.1, -0.05) is 6.08 Å². The third-order valence-electron chi connectivity index (χ3n) is 3.81. The standard InChI is InChI=1S/C19H23FN4O4/c1-6-7-15(22-18(25)28-19(2,3)4)12-8-13(10-14(20)9-12)17-16(24(26)27)11-21-23(17)5/h6,8-11,15H,1,7H2,2-5H3,(H,22,25)/t15-/m0/s1. The molecule has 0 radical (unpaired) electrons. The molecule has 8 nitrogen and oxygen atoms in total. The van der Waals surface area contributed by atoms with Crippen LogP contribution in [0.4, 0.5) is 14.9 Å². The number of benzene rings is 1. The highest BCUT2D eigenvalue weighted by Gasteiger charge is 2.24. The summed E-state index contributed by atoms with van der Waals surface area (Å²) in [5.41, 5.74) is -0.0524. The molecule has 9 heteroatoms. The van der Waals surface area contributed by atoms with Gasteiger partial charge in [0.15, 0.2) is 0 Å². The minimum absolute atomic E-state index is 0.167. The predicted octanol–water partition coefficient (Wildman–Crippen LogP) is 4.28. The second kappa shape index (κ2) is 8.20. The topological polar surface area (TPSA) is 99.3 Å². The molecule has 0 bridgehead atoms. The van der Waals surface area contributed by atoms with Crippen molar-refractivity contribution in [3.63, 3.8) is 0 Å². The highest BCUT2D eigenvalue weighted by Crippen LogP contribution is 2.32. The molecule has 0 spiro atoms. The fourth-order valence-corrected chi connectivity index (χ4v) is 2.74. The van der Waals surface area contributed by atoms with Crippen LogP contribution in [0.5, 0.6) is 0 Å². The molecule has 1 amide bonds. The van der Waals surface area contributed by atoms with Gasteiger partial charge in [0, 0.05) is 12.6 Å². The van der Waals surface area contributed by atoms with Crippen LogP contribution >= 0.6 is 0 Å². The molecule has 0 aliphatic heterocycles. The molecule has 1 heterocycles. The van der Waals surface area contributed by atoms with Gasteiger partial charge in [0.25, 0.3) is 0 Å². The lowest BCUT2D eigenvalue weighted by atomic mass is 9.99. The molecule has 0 unspecified atom stereocenters. The molecule has 0 fully saturated rings. The number of rotatable bonds is 6. The summed E-state index contributed by atoms with van der Waals surface area (Å²) in [6, 6.07) is 3.41. The van der Waals surface area contributed by atoms with Crippen LogP contribution in [0.2, 0.25) is 0 Å². The third-order valence-corrected chi connectivity index (χ3v) is 3.81. The maximum absolute atomic E-state index is 14.3. The second-order valence-corrected chi connectivity index (χ2v) is 7.26. The Hall–Kier alpha value is -3.23. The van der Waals surface area contributed by atoms with Crippen molar-refractivity contribution < 1.29 is 18.8 Å². The van der Waals surface area contributed by atoms with Crippen molar-refractivity contribution in [3.8, 4) is 11.3 Å². The lowest BCUT2D eigenvalue weighted by molar-refractivity contribution is -0.384. The first-order chi connectivity index (χ1) is 13.0. The van der Waals surface area contributed by atoms with E-state index in [1.807, 2.05) is 0 Å². The second-order valence-electron chi connectivity index (χ2n) is 7.26. The molecule has 0 aliphatic carbocycles. The van der Waals surface area contributed by atoms with Crippen molar-refractivity contribution in [2.24, 2.45) is 7.05 Å². The van der Waals surface area contributed by atoms with Gasteiger partial charge in [-0.3, -0.25) is 14.8 Å². The van der Waals surface area contributed by atoms with E-state index in [0.29, 0.717) is 12.0 Å². The number of aryl methyl sites for hydroxylation is 1. The minimum atomic E-state index is -0.689. The van der Waals surface area contributed by atoms with Crippen LogP contribution in [-0.2, 0) is 11.8 Å². The molecule has 2 rings (SSSR count). The average Bonchev–Trinajstić information content (AvgIpc) is 2.94. The number of aromatic nitrogens is 2. The molecule has 150 valence electrons. The van der Waals surface area contributed by atoms with Crippen LogP contribution < -0.4 is 5.32 Å². The van der Waals surface area contributed by atoms with Crippen LogP contribution in [0.3, 0.4) is 0 Å². The van der Waals surface area contributed by atoms with Crippen molar-refractivity contribution in [1.82, 2.24) is 15.1 Å². The summed E-state index contributed by atoms with van der Waals surface area (Å²) >= 11 is 0. The average molecular weight is 390 g/mol. The summed E-state index contributed by atoms with van der Waals surface area (Å²) < 4.78 is 20.9. The summed E-state index contributed by atoms with van der Waals surface area (Å²) in [5, 5.41) is 17.8. The zero-order valence-electron chi connectivity index (χ0n) is 16.2.